The first-order chi connectivity index (χ1) is 14.0. The second kappa shape index (κ2) is 8.17. The van der Waals surface area contributed by atoms with E-state index in [4.69, 9.17) is 11.6 Å². The molecule has 2 aromatic heterocycles. The maximum absolute atomic E-state index is 12.8. The number of aromatic nitrogens is 3. The average molecular weight is 448 g/mol. The number of nitrogens with one attached hydrogen (secondary N) is 3. The van der Waals surface area contributed by atoms with E-state index in [9.17, 15) is 13.2 Å². The third-order valence-electron chi connectivity index (χ3n) is 4.13. The Morgan fingerprint density at radius 1 is 1.13 bits per heavy atom. The molecule has 0 aliphatic rings. The second-order valence-corrected chi connectivity index (χ2v) is 9.82. The molecule has 1 aromatic carbocycles. The lowest BCUT2D eigenvalue weighted by Gasteiger charge is -2.21. The minimum Gasteiger partial charge on any atom is -0.305 e. The Bertz CT molecular complexity index is 1180. The number of benzene rings is 1. The Morgan fingerprint density at radius 2 is 1.80 bits per heavy atom. The highest BCUT2D eigenvalue weighted by atomic mass is 35.5. The summed E-state index contributed by atoms with van der Waals surface area (Å²) < 4.78 is 27.9. The Hall–Kier alpha value is -2.75. The van der Waals surface area contributed by atoms with Gasteiger partial charge in [0.25, 0.3) is 5.91 Å². The monoisotopic (exact) mass is 447 g/mol. The van der Waals surface area contributed by atoms with Gasteiger partial charge >= 0.3 is 0 Å². The van der Waals surface area contributed by atoms with Crippen LogP contribution in [0, 0.1) is 6.92 Å². The third-order valence-corrected chi connectivity index (χ3v) is 6.37. The van der Waals surface area contributed by atoms with E-state index in [1.807, 2.05) is 19.1 Å². The summed E-state index contributed by atoms with van der Waals surface area (Å²) in [5.74, 6) is -0.159. The van der Waals surface area contributed by atoms with Crippen molar-refractivity contribution in [1.29, 1.82) is 0 Å². The van der Waals surface area contributed by atoms with Crippen molar-refractivity contribution in [2.75, 3.05) is 5.32 Å². The molecule has 10 heteroatoms. The van der Waals surface area contributed by atoms with Gasteiger partial charge in [-0.1, -0.05) is 11.6 Å². The molecule has 0 spiro atoms. The lowest BCUT2D eigenvalue weighted by molar-refractivity contribution is 0.102. The number of nitrogens with zero attached hydrogens (tertiary/aromatic N) is 2. The molecule has 2 heterocycles. The van der Waals surface area contributed by atoms with Crippen LogP contribution in [0.5, 0.6) is 0 Å². The molecule has 1 amide bonds. The first kappa shape index (κ1) is 21.9. The number of pyridine rings is 1. The first-order valence-electron chi connectivity index (χ1n) is 9.08. The van der Waals surface area contributed by atoms with Crippen LogP contribution in [-0.2, 0) is 10.0 Å². The average Bonchev–Trinajstić information content (AvgIpc) is 3.01. The van der Waals surface area contributed by atoms with Crippen LogP contribution in [0.4, 0.5) is 5.82 Å². The maximum Gasteiger partial charge on any atom is 0.256 e. The number of hydrogen-bond acceptors (Lipinski definition) is 5. The van der Waals surface area contributed by atoms with Crippen molar-refractivity contribution >= 4 is 33.3 Å². The van der Waals surface area contributed by atoms with Gasteiger partial charge < -0.3 is 5.32 Å². The number of amides is 1. The summed E-state index contributed by atoms with van der Waals surface area (Å²) in [6, 6.07) is 7.74. The minimum absolute atomic E-state index is 0.0271. The van der Waals surface area contributed by atoms with Gasteiger partial charge in [-0.15, -0.1) is 0 Å². The highest BCUT2D eigenvalue weighted by molar-refractivity contribution is 7.89. The van der Waals surface area contributed by atoms with Gasteiger partial charge in [0.1, 0.15) is 4.90 Å². The van der Waals surface area contributed by atoms with E-state index in [0.717, 1.165) is 16.8 Å². The van der Waals surface area contributed by atoms with Gasteiger partial charge in [0, 0.05) is 34.6 Å². The third kappa shape index (κ3) is 4.86. The number of hydrogen-bond donors (Lipinski definition) is 3. The van der Waals surface area contributed by atoms with E-state index in [1.165, 1.54) is 18.2 Å². The lowest BCUT2D eigenvalue weighted by Crippen LogP contribution is -2.40. The van der Waals surface area contributed by atoms with Crippen molar-refractivity contribution in [3.8, 4) is 11.3 Å². The molecule has 30 heavy (non-hydrogen) atoms. The molecule has 8 nitrogen and oxygen atoms in total. The number of aromatic amines is 1. The van der Waals surface area contributed by atoms with Gasteiger partial charge in [-0.2, -0.15) is 5.10 Å². The molecule has 0 radical (unpaired) electrons. The molecule has 0 aliphatic heterocycles. The zero-order valence-corrected chi connectivity index (χ0v) is 18.5. The van der Waals surface area contributed by atoms with Gasteiger partial charge in [-0.25, -0.2) is 13.1 Å². The number of rotatable bonds is 5. The summed E-state index contributed by atoms with van der Waals surface area (Å²) in [5.41, 5.74) is 1.81. The lowest BCUT2D eigenvalue weighted by atomic mass is 10.1. The fraction of sp³-hybridized carbons (Fsp3) is 0.250. The van der Waals surface area contributed by atoms with Crippen molar-refractivity contribution < 1.29 is 13.2 Å². The van der Waals surface area contributed by atoms with Crippen molar-refractivity contribution in [1.82, 2.24) is 19.9 Å². The van der Waals surface area contributed by atoms with E-state index in [-0.39, 0.29) is 15.5 Å². The maximum atomic E-state index is 12.8. The van der Waals surface area contributed by atoms with Crippen LogP contribution in [0.3, 0.4) is 0 Å². The fourth-order valence-corrected chi connectivity index (χ4v) is 4.75. The van der Waals surface area contributed by atoms with Crippen LogP contribution in [0.15, 0.2) is 47.6 Å². The highest BCUT2D eigenvalue weighted by Gasteiger charge is 2.25. The molecule has 0 fully saturated rings. The largest absolute Gasteiger partial charge is 0.305 e. The zero-order valence-electron chi connectivity index (χ0n) is 16.9. The summed E-state index contributed by atoms with van der Waals surface area (Å²) in [5, 5.41) is 9.79. The first-order valence-corrected chi connectivity index (χ1v) is 10.9. The fourth-order valence-electron chi connectivity index (χ4n) is 2.81. The van der Waals surface area contributed by atoms with Crippen LogP contribution < -0.4 is 10.0 Å². The molecular formula is C20H22ClN5O3S. The van der Waals surface area contributed by atoms with Crippen LogP contribution in [-0.4, -0.2) is 35.0 Å². The number of H-pyrrole nitrogens is 1. The van der Waals surface area contributed by atoms with Gasteiger partial charge in [0.05, 0.1) is 10.7 Å². The second-order valence-electron chi connectivity index (χ2n) is 7.76. The van der Waals surface area contributed by atoms with Crippen molar-refractivity contribution in [2.24, 2.45) is 0 Å². The normalized spacial score (nSPS) is 12.0. The van der Waals surface area contributed by atoms with E-state index < -0.39 is 21.5 Å². The topological polar surface area (TPSA) is 117 Å². The quantitative estimate of drug-likeness (QED) is 0.550. The summed E-state index contributed by atoms with van der Waals surface area (Å²) >= 11 is 6.10. The Kier molecular flexibility index (Phi) is 5.98. The molecule has 0 saturated heterocycles. The Balaban J connectivity index is 1.88. The summed E-state index contributed by atoms with van der Waals surface area (Å²) in [6.07, 6.45) is 3.32. The van der Waals surface area contributed by atoms with Gasteiger partial charge in [-0.3, -0.25) is 14.9 Å². The Labute approximate surface area is 180 Å². The molecule has 0 bridgehead atoms. The molecule has 3 rings (SSSR count). The van der Waals surface area contributed by atoms with Crippen LogP contribution >= 0.6 is 11.6 Å². The minimum atomic E-state index is -3.91. The predicted molar refractivity (Wildman–Crippen MR) is 116 cm³/mol. The molecule has 158 valence electrons. The van der Waals surface area contributed by atoms with Crippen LogP contribution in [0.2, 0.25) is 5.02 Å². The van der Waals surface area contributed by atoms with Crippen molar-refractivity contribution in [3.63, 3.8) is 0 Å². The number of carbonyl (C=O) groups excluding carboxylic acids is 1. The standard InChI is InChI=1S/C20H22ClN5O3S/c1-12-17(13-7-9-22-10-8-13)24-25-18(12)23-19(27)14-5-6-15(21)16(11-14)30(28,29)26-20(2,3)4/h5-11,26H,1-4H3,(H2,23,24,25,27). The molecule has 3 N–H and O–H groups in total. The van der Waals surface area contributed by atoms with Crippen molar-refractivity contribution in [2.45, 2.75) is 38.1 Å². The molecule has 0 saturated carbocycles. The zero-order chi connectivity index (χ0) is 22.1. The predicted octanol–water partition coefficient (Wildman–Crippen LogP) is 3.76. The highest BCUT2D eigenvalue weighted by Crippen LogP contribution is 2.27. The number of halogens is 1. The van der Waals surface area contributed by atoms with Gasteiger partial charge in [-0.05, 0) is 58.0 Å². The molecule has 3 aromatic rings. The van der Waals surface area contributed by atoms with Crippen molar-refractivity contribution in [3.05, 3.63) is 58.9 Å². The van der Waals surface area contributed by atoms with E-state index in [1.54, 1.807) is 33.2 Å². The summed E-state index contributed by atoms with van der Waals surface area (Å²) in [4.78, 5) is 16.6. The molecule has 0 atom stereocenters. The van der Waals surface area contributed by atoms with E-state index >= 15 is 0 Å². The van der Waals surface area contributed by atoms with E-state index in [2.05, 4.69) is 25.2 Å². The van der Waals surface area contributed by atoms with Gasteiger partial charge in [0.2, 0.25) is 10.0 Å². The van der Waals surface area contributed by atoms with Crippen LogP contribution in [0.25, 0.3) is 11.3 Å². The molecule has 0 unspecified atom stereocenters. The number of carbonyl (C=O) groups is 1. The number of sulfonamides is 1. The molecular weight excluding hydrogens is 426 g/mol. The summed E-state index contributed by atoms with van der Waals surface area (Å²) in [7, 11) is -3.91. The van der Waals surface area contributed by atoms with Crippen LogP contribution in [0.1, 0.15) is 36.7 Å². The number of anilines is 1. The summed E-state index contributed by atoms with van der Waals surface area (Å²) in [6.45, 7) is 6.97. The van der Waals surface area contributed by atoms with Gasteiger partial charge in [0.15, 0.2) is 5.82 Å². The Morgan fingerprint density at radius 3 is 2.43 bits per heavy atom. The molecule has 0 aliphatic carbocycles. The smallest absolute Gasteiger partial charge is 0.256 e. The van der Waals surface area contributed by atoms with E-state index in [0.29, 0.717) is 5.82 Å². The SMILES string of the molecule is Cc1c(NC(=O)c2ccc(Cl)c(S(=O)(=O)NC(C)(C)C)c2)n[nH]c1-c1ccncc1.